The number of nitrogens with zero attached hydrogens (tertiary/aromatic N) is 2. The summed E-state index contributed by atoms with van der Waals surface area (Å²) in [6, 6.07) is 8.12. The Morgan fingerprint density at radius 3 is 2.48 bits per heavy atom. The molecule has 2 aromatic rings. The molecule has 0 aliphatic rings. The highest BCUT2D eigenvalue weighted by atomic mass is 32.1. The molecular weight excluding hydrogens is 310 g/mol. The molecule has 6 heteroatoms. The number of aromatic nitrogens is 2. The zero-order chi connectivity index (χ0) is 16.9. The normalized spacial score (nSPS) is 11.3. The lowest BCUT2D eigenvalue weighted by molar-refractivity contribution is -0.116. The number of benzene rings is 1. The van der Waals surface area contributed by atoms with Crippen LogP contribution >= 0.6 is 11.3 Å². The zero-order valence-electron chi connectivity index (χ0n) is 14.0. The van der Waals surface area contributed by atoms with E-state index in [0.717, 1.165) is 10.8 Å². The Kier molecular flexibility index (Phi) is 5.71. The number of rotatable bonds is 6. The molecule has 23 heavy (non-hydrogen) atoms. The van der Waals surface area contributed by atoms with Crippen molar-refractivity contribution >= 4 is 22.4 Å². The fourth-order valence-corrected chi connectivity index (χ4v) is 2.61. The Balaban J connectivity index is 1.70. The number of hydrogen-bond acceptors (Lipinski definition) is 5. The van der Waals surface area contributed by atoms with E-state index in [1.54, 1.807) is 0 Å². The van der Waals surface area contributed by atoms with Crippen LogP contribution in [0.15, 0.2) is 24.3 Å². The summed E-state index contributed by atoms with van der Waals surface area (Å²) >= 11 is 1.37. The summed E-state index contributed by atoms with van der Waals surface area (Å²) in [5, 5.41) is 11.8. The highest BCUT2D eigenvalue weighted by molar-refractivity contribution is 7.15. The molecule has 1 heterocycles. The van der Waals surface area contributed by atoms with E-state index in [1.165, 1.54) is 16.9 Å². The summed E-state index contributed by atoms with van der Waals surface area (Å²) in [4.78, 5) is 11.8. The van der Waals surface area contributed by atoms with Crippen LogP contribution in [0.25, 0.3) is 0 Å². The van der Waals surface area contributed by atoms with Gasteiger partial charge < -0.3 is 10.1 Å². The Hall–Kier alpha value is -1.95. The summed E-state index contributed by atoms with van der Waals surface area (Å²) in [5.74, 6) is 0.769. The Morgan fingerprint density at radius 1 is 1.22 bits per heavy atom. The molecule has 1 aromatic heterocycles. The molecule has 0 aliphatic heterocycles. The van der Waals surface area contributed by atoms with Gasteiger partial charge in [0.15, 0.2) is 0 Å². The van der Waals surface area contributed by atoms with Crippen LogP contribution in [-0.4, -0.2) is 22.7 Å². The van der Waals surface area contributed by atoms with E-state index in [0.29, 0.717) is 24.6 Å². The first-order valence-corrected chi connectivity index (χ1v) is 8.49. The number of ether oxygens (including phenoxy) is 1. The van der Waals surface area contributed by atoms with Gasteiger partial charge in [-0.1, -0.05) is 44.2 Å². The molecule has 0 radical (unpaired) electrons. The van der Waals surface area contributed by atoms with Crippen molar-refractivity contribution in [2.45, 2.75) is 46.0 Å². The molecule has 0 saturated heterocycles. The summed E-state index contributed by atoms with van der Waals surface area (Å²) < 4.78 is 5.67. The zero-order valence-corrected chi connectivity index (χ0v) is 14.9. The van der Waals surface area contributed by atoms with Gasteiger partial charge in [0, 0.05) is 6.42 Å². The smallest absolute Gasteiger partial charge is 0.226 e. The molecule has 124 valence electrons. The third-order valence-corrected chi connectivity index (χ3v) is 4.06. The fourth-order valence-electron chi connectivity index (χ4n) is 2.00. The van der Waals surface area contributed by atoms with Gasteiger partial charge >= 0.3 is 0 Å². The van der Waals surface area contributed by atoms with Crippen LogP contribution in [0, 0.1) is 6.92 Å². The average Bonchev–Trinajstić information content (AvgIpc) is 2.88. The molecule has 1 amide bonds. The summed E-state index contributed by atoms with van der Waals surface area (Å²) in [6.07, 6.45) is 1.06. The first-order valence-electron chi connectivity index (χ1n) is 7.68. The Labute approximate surface area is 141 Å². The van der Waals surface area contributed by atoms with E-state index < -0.39 is 0 Å². The Morgan fingerprint density at radius 2 is 1.91 bits per heavy atom. The average molecular weight is 333 g/mol. The molecule has 0 atom stereocenters. The van der Waals surface area contributed by atoms with Gasteiger partial charge in [-0.25, -0.2) is 0 Å². The molecule has 1 N–H and O–H groups in total. The van der Waals surface area contributed by atoms with Crippen LogP contribution < -0.4 is 10.1 Å². The minimum absolute atomic E-state index is 0.0622. The van der Waals surface area contributed by atoms with Crippen molar-refractivity contribution in [2.75, 3.05) is 11.9 Å². The lowest BCUT2D eigenvalue weighted by Gasteiger charge is -2.19. The summed E-state index contributed by atoms with van der Waals surface area (Å²) in [6.45, 7) is 8.91. The van der Waals surface area contributed by atoms with Crippen molar-refractivity contribution < 1.29 is 9.53 Å². The number of amides is 1. The largest absolute Gasteiger partial charge is 0.494 e. The number of carbonyl (C=O) groups is 1. The number of carbonyl (C=O) groups excluding carboxylic acids is 1. The molecular formula is C17H23N3O2S. The molecule has 1 aromatic carbocycles. The van der Waals surface area contributed by atoms with Gasteiger partial charge in [-0.15, -0.1) is 10.2 Å². The van der Waals surface area contributed by atoms with Crippen LogP contribution in [0.5, 0.6) is 5.75 Å². The molecule has 0 unspecified atom stereocenters. The lowest BCUT2D eigenvalue weighted by Crippen LogP contribution is -2.13. The number of aryl methyl sites for hydroxylation is 1. The third kappa shape index (κ3) is 5.63. The summed E-state index contributed by atoms with van der Waals surface area (Å²) in [7, 11) is 0. The van der Waals surface area contributed by atoms with Gasteiger partial charge in [0.25, 0.3) is 0 Å². The predicted molar refractivity (Wildman–Crippen MR) is 93.1 cm³/mol. The van der Waals surface area contributed by atoms with Crippen LogP contribution in [-0.2, 0) is 10.2 Å². The van der Waals surface area contributed by atoms with Crippen molar-refractivity contribution in [3.63, 3.8) is 0 Å². The minimum Gasteiger partial charge on any atom is -0.494 e. The maximum Gasteiger partial charge on any atom is 0.226 e. The second-order valence-electron chi connectivity index (χ2n) is 6.40. The van der Waals surface area contributed by atoms with Gasteiger partial charge in [-0.3, -0.25) is 4.79 Å². The highest BCUT2D eigenvalue weighted by Gasteiger charge is 2.13. The maximum absolute atomic E-state index is 11.8. The topological polar surface area (TPSA) is 64.1 Å². The van der Waals surface area contributed by atoms with E-state index in [2.05, 4.69) is 48.4 Å². The van der Waals surface area contributed by atoms with Crippen LogP contribution in [0.4, 0.5) is 5.13 Å². The monoisotopic (exact) mass is 333 g/mol. The van der Waals surface area contributed by atoms with Gasteiger partial charge in [0.05, 0.1) is 6.61 Å². The van der Waals surface area contributed by atoms with Gasteiger partial charge in [-0.2, -0.15) is 0 Å². The summed E-state index contributed by atoms with van der Waals surface area (Å²) in [5.41, 5.74) is 1.41. The van der Waals surface area contributed by atoms with Crippen molar-refractivity contribution in [1.29, 1.82) is 0 Å². The van der Waals surface area contributed by atoms with Gasteiger partial charge in [0.1, 0.15) is 10.8 Å². The lowest BCUT2D eigenvalue weighted by atomic mass is 9.87. The predicted octanol–water partition coefficient (Wildman–Crippen LogP) is 3.94. The first kappa shape index (κ1) is 17.4. The van der Waals surface area contributed by atoms with E-state index in [4.69, 9.17) is 4.74 Å². The molecule has 2 rings (SSSR count). The second-order valence-corrected chi connectivity index (χ2v) is 7.58. The SMILES string of the molecule is Cc1nnc(NC(=O)CCCOc2ccc(C(C)(C)C)cc2)s1. The van der Waals surface area contributed by atoms with E-state index in [1.807, 2.05) is 19.1 Å². The Bertz CT molecular complexity index is 645. The number of hydrogen-bond donors (Lipinski definition) is 1. The second kappa shape index (κ2) is 7.55. The quantitative estimate of drug-likeness (QED) is 0.813. The minimum atomic E-state index is -0.0622. The van der Waals surface area contributed by atoms with E-state index in [9.17, 15) is 4.79 Å². The third-order valence-electron chi connectivity index (χ3n) is 3.31. The van der Waals surface area contributed by atoms with Gasteiger partial charge in [-0.05, 0) is 36.5 Å². The molecule has 0 bridgehead atoms. The standard InChI is InChI=1S/C17H23N3O2S/c1-12-19-20-16(23-12)18-15(21)6-5-11-22-14-9-7-13(8-10-14)17(2,3)4/h7-10H,5-6,11H2,1-4H3,(H,18,20,21). The number of nitrogens with one attached hydrogen (secondary N) is 1. The number of anilines is 1. The van der Waals surface area contributed by atoms with Gasteiger partial charge in [0.2, 0.25) is 11.0 Å². The van der Waals surface area contributed by atoms with E-state index in [-0.39, 0.29) is 11.3 Å². The van der Waals surface area contributed by atoms with Crippen molar-refractivity contribution in [3.05, 3.63) is 34.8 Å². The van der Waals surface area contributed by atoms with Crippen LogP contribution in [0.3, 0.4) is 0 Å². The molecule has 0 fully saturated rings. The molecule has 0 aliphatic carbocycles. The first-order chi connectivity index (χ1) is 10.8. The maximum atomic E-state index is 11.8. The molecule has 5 nitrogen and oxygen atoms in total. The van der Waals surface area contributed by atoms with Crippen molar-refractivity contribution in [1.82, 2.24) is 10.2 Å². The highest BCUT2D eigenvalue weighted by Crippen LogP contribution is 2.24. The van der Waals surface area contributed by atoms with Crippen LogP contribution in [0.1, 0.15) is 44.2 Å². The van der Waals surface area contributed by atoms with Crippen molar-refractivity contribution in [2.24, 2.45) is 0 Å². The molecule has 0 saturated carbocycles. The molecule has 0 spiro atoms. The fraction of sp³-hybridized carbons (Fsp3) is 0.471. The van der Waals surface area contributed by atoms with Crippen LogP contribution in [0.2, 0.25) is 0 Å². The van der Waals surface area contributed by atoms with Crippen molar-refractivity contribution in [3.8, 4) is 5.75 Å². The van der Waals surface area contributed by atoms with E-state index >= 15 is 0 Å².